The highest BCUT2D eigenvalue weighted by atomic mass is 16.5. The maximum absolute atomic E-state index is 12.5. The van der Waals surface area contributed by atoms with Gasteiger partial charge in [0.2, 0.25) is 11.8 Å². The van der Waals surface area contributed by atoms with Crippen LogP contribution in [0.25, 0.3) is 0 Å². The number of methoxy groups -OCH3 is 1. The summed E-state index contributed by atoms with van der Waals surface area (Å²) >= 11 is 0. The second-order valence-electron chi connectivity index (χ2n) is 7.09. The van der Waals surface area contributed by atoms with Gasteiger partial charge >= 0.3 is 0 Å². The Morgan fingerprint density at radius 3 is 1.96 bits per heavy atom. The molecule has 0 heterocycles. The van der Waals surface area contributed by atoms with E-state index in [0.29, 0.717) is 11.4 Å². The third kappa shape index (κ3) is 5.33. The maximum atomic E-state index is 12.5. The molecule has 2 aromatic rings. The van der Waals surface area contributed by atoms with Gasteiger partial charge in [-0.3, -0.25) is 9.59 Å². The summed E-state index contributed by atoms with van der Waals surface area (Å²) in [6.45, 7) is 8.35. The molecule has 27 heavy (non-hydrogen) atoms. The third-order valence-electron chi connectivity index (χ3n) is 4.34. The molecule has 0 radical (unpaired) electrons. The van der Waals surface area contributed by atoms with Gasteiger partial charge in [-0.2, -0.15) is 0 Å². The molecule has 0 unspecified atom stereocenters. The van der Waals surface area contributed by atoms with Crippen LogP contribution in [0.2, 0.25) is 0 Å². The number of hydrogen-bond donors (Lipinski definition) is 2. The van der Waals surface area contributed by atoms with Gasteiger partial charge in [-0.05, 0) is 35.1 Å². The fourth-order valence-corrected chi connectivity index (χ4v) is 2.97. The van der Waals surface area contributed by atoms with E-state index in [1.54, 1.807) is 18.2 Å². The number of rotatable bonds is 7. The smallest absolute Gasteiger partial charge is 0.233 e. The zero-order valence-corrected chi connectivity index (χ0v) is 16.6. The predicted octanol–water partition coefficient (Wildman–Crippen LogP) is 4.91. The Bertz CT molecular complexity index is 787. The Labute approximate surface area is 161 Å². The molecule has 0 aliphatic rings. The summed E-state index contributed by atoms with van der Waals surface area (Å²) in [5, 5.41) is 5.68. The summed E-state index contributed by atoms with van der Waals surface area (Å²) in [6, 6.07) is 13.1. The van der Waals surface area contributed by atoms with Gasteiger partial charge in [0.25, 0.3) is 0 Å². The van der Waals surface area contributed by atoms with Crippen LogP contribution in [0.3, 0.4) is 0 Å². The molecule has 0 saturated heterocycles. The minimum Gasteiger partial charge on any atom is -0.495 e. The summed E-state index contributed by atoms with van der Waals surface area (Å²) in [4.78, 5) is 24.8. The van der Waals surface area contributed by atoms with E-state index in [-0.39, 0.29) is 30.1 Å². The molecule has 2 rings (SSSR count). The van der Waals surface area contributed by atoms with E-state index in [0.717, 1.165) is 16.8 Å². The zero-order chi connectivity index (χ0) is 20.0. The monoisotopic (exact) mass is 368 g/mol. The molecule has 0 aromatic heterocycles. The molecule has 2 amide bonds. The standard InChI is InChI=1S/C22H28N2O3/c1-14(2)16-9-8-10-17(15(3)4)22(16)24-21(26)13-20(25)23-18-11-6-7-12-19(18)27-5/h6-12,14-15H,13H2,1-5H3,(H,23,25)(H,24,26). The highest BCUT2D eigenvalue weighted by molar-refractivity contribution is 6.08. The van der Waals surface area contributed by atoms with Crippen LogP contribution < -0.4 is 15.4 Å². The van der Waals surface area contributed by atoms with Crippen molar-refractivity contribution in [2.75, 3.05) is 17.7 Å². The van der Waals surface area contributed by atoms with Gasteiger partial charge in [-0.15, -0.1) is 0 Å². The zero-order valence-electron chi connectivity index (χ0n) is 16.6. The number of carbonyl (C=O) groups excluding carboxylic acids is 2. The van der Waals surface area contributed by atoms with Crippen LogP contribution in [-0.2, 0) is 9.59 Å². The van der Waals surface area contributed by atoms with Crippen molar-refractivity contribution in [3.8, 4) is 5.75 Å². The van der Waals surface area contributed by atoms with Crippen molar-refractivity contribution in [1.29, 1.82) is 0 Å². The molecule has 0 spiro atoms. The molecular weight excluding hydrogens is 340 g/mol. The number of nitrogens with one attached hydrogen (secondary N) is 2. The quantitative estimate of drug-likeness (QED) is 0.682. The number of benzene rings is 2. The Kier molecular flexibility index (Phi) is 6.99. The molecule has 0 atom stereocenters. The van der Waals surface area contributed by atoms with E-state index >= 15 is 0 Å². The van der Waals surface area contributed by atoms with E-state index in [9.17, 15) is 9.59 Å². The van der Waals surface area contributed by atoms with E-state index in [1.807, 2.05) is 24.3 Å². The van der Waals surface area contributed by atoms with Crippen molar-refractivity contribution in [1.82, 2.24) is 0 Å². The number of amides is 2. The van der Waals surface area contributed by atoms with Crippen LogP contribution in [0.15, 0.2) is 42.5 Å². The van der Waals surface area contributed by atoms with Crippen molar-refractivity contribution >= 4 is 23.2 Å². The van der Waals surface area contributed by atoms with E-state index in [4.69, 9.17) is 4.74 Å². The van der Waals surface area contributed by atoms with Crippen LogP contribution in [0.5, 0.6) is 5.75 Å². The fraction of sp³-hybridized carbons (Fsp3) is 0.364. The molecule has 2 N–H and O–H groups in total. The normalized spacial score (nSPS) is 10.8. The Balaban J connectivity index is 2.12. The summed E-state index contributed by atoms with van der Waals surface area (Å²) in [5.41, 5.74) is 3.50. The second kappa shape index (κ2) is 9.21. The summed E-state index contributed by atoms with van der Waals surface area (Å²) in [7, 11) is 1.54. The molecule has 0 fully saturated rings. The summed E-state index contributed by atoms with van der Waals surface area (Å²) in [5.74, 6) is 0.365. The number of para-hydroxylation sites is 3. The molecule has 0 bridgehead atoms. The van der Waals surface area contributed by atoms with Crippen molar-refractivity contribution in [3.05, 3.63) is 53.6 Å². The number of anilines is 2. The minimum absolute atomic E-state index is 0.262. The highest BCUT2D eigenvalue weighted by Crippen LogP contribution is 2.32. The van der Waals surface area contributed by atoms with Gasteiger partial charge in [0.1, 0.15) is 12.2 Å². The summed E-state index contributed by atoms with van der Waals surface area (Å²) in [6.07, 6.45) is -0.262. The number of hydrogen-bond acceptors (Lipinski definition) is 3. The van der Waals surface area contributed by atoms with Gasteiger partial charge in [-0.25, -0.2) is 0 Å². The molecule has 2 aromatic carbocycles. The predicted molar refractivity (Wildman–Crippen MR) is 109 cm³/mol. The molecule has 5 nitrogen and oxygen atoms in total. The van der Waals surface area contributed by atoms with Crippen molar-refractivity contribution in [3.63, 3.8) is 0 Å². The van der Waals surface area contributed by atoms with Gasteiger partial charge in [0.05, 0.1) is 12.8 Å². The molecule has 5 heteroatoms. The fourth-order valence-electron chi connectivity index (χ4n) is 2.97. The van der Waals surface area contributed by atoms with E-state index in [1.165, 1.54) is 7.11 Å². The second-order valence-corrected chi connectivity index (χ2v) is 7.09. The lowest BCUT2D eigenvalue weighted by Gasteiger charge is -2.20. The van der Waals surface area contributed by atoms with Gasteiger partial charge in [-0.1, -0.05) is 58.0 Å². The molecule has 0 aliphatic heterocycles. The first-order valence-corrected chi connectivity index (χ1v) is 9.19. The number of carbonyl (C=O) groups is 2. The van der Waals surface area contributed by atoms with Crippen LogP contribution in [0, 0.1) is 0 Å². The summed E-state index contributed by atoms with van der Waals surface area (Å²) < 4.78 is 5.22. The third-order valence-corrected chi connectivity index (χ3v) is 4.34. The maximum Gasteiger partial charge on any atom is 0.233 e. The SMILES string of the molecule is COc1ccccc1NC(=O)CC(=O)Nc1c(C(C)C)cccc1C(C)C. The lowest BCUT2D eigenvalue weighted by Crippen LogP contribution is -2.23. The lowest BCUT2D eigenvalue weighted by atomic mass is 9.92. The van der Waals surface area contributed by atoms with Crippen molar-refractivity contribution in [2.24, 2.45) is 0 Å². The molecule has 144 valence electrons. The van der Waals surface area contributed by atoms with Crippen molar-refractivity contribution in [2.45, 2.75) is 46.0 Å². The van der Waals surface area contributed by atoms with E-state index < -0.39 is 0 Å². The van der Waals surface area contributed by atoms with Crippen LogP contribution in [0.1, 0.15) is 57.1 Å². The van der Waals surface area contributed by atoms with Crippen molar-refractivity contribution < 1.29 is 14.3 Å². The lowest BCUT2D eigenvalue weighted by molar-refractivity contribution is -0.123. The Morgan fingerprint density at radius 1 is 0.852 bits per heavy atom. The molecule has 0 aliphatic carbocycles. The van der Waals surface area contributed by atoms with Crippen LogP contribution in [-0.4, -0.2) is 18.9 Å². The average molecular weight is 368 g/mol. The first-order valence-electron chi connectivity index (χ1n) is 9.19. The van der Waals surface area contributed by atoms with Gasteiger partial charge < -0.3 is 15.4 Å². The topological polar surface area (TPSA) is 67.4 Å². The average Bonchev–Trinajstić information content (AvgIpc) is 2.61. The highest BCUT2D eigenvalue weighted by Gasteiger charge is 2.18. The molecular formula is C22H28N2O3. The Hall–Kier alpha value is -2.82. The van der Waals surface area contributed by atoms with Crippen LogP contribution in [0.4, 0.5) is 11.4 Å². The molecule has 0 saturated carbocycles. The minimum atomic E-state index is -0.384. The van der Waals surface area contributed by atoms with E-state index in [2.05, 4.69) is 38.3 Å². The number of ether oxygens (including phenoxy) is 1. The largest absolute Gasteiger partial charge is 0.495 e. The van der Waals surface area contributed by atoms with Gasteiger partial charge in [0.15, 0.2) is 0 Å². The first-order chi connectivity index (χ1) is 12.8. The van der Waals surface area contributed by atoms with Gasteiger partial charge in [0, 0.05) is 5.69 Å². The first kappa shape index (κ1) is 20.5. The van der Waals surface area contributed by atoms with Crippen LogP contribution >= 0.6 is 0 Å². The Morgan fingerprint density at radius 2 is 1.41 bits per heavy atom.